The fraction of sp³-hybridized carbons (Fsp3) is 0.167. The molecule has 41 heavy (non-hydrogen) atoms. The summed E-state index contributed by atoms with van der Waals surface area (Å²) < 4.78 is 42.5. The molecule has 210 valence electrons. The first-order valence-corrected chi connectivity index (χ1v) is 15.5. The second-order valence-electron chi connectivity index (χ2n) is 9.05. The topological polar surface area (TPSA) is 69.9 Å². The zero-order valence-corrected chi connectivity index (χ0v) is 26.9. The van der Waals surface area contributed by atoms with Crippen molar-refractivity contribution < 1.29 is 23.0 Å². The highest BCUT2D eigenvalue weighted by atomic mass is 127. The minimum Gasteiger partial charge on any atom is -0.487 e. The number of allylic oxidation sites excluding steroid dienone is 1. The average molecular weight is 798 g/mol. The van der Waals surface area contributed by atoms with Crippen molar-refractivity contribution in [3.63, 3.8) is 0 Å². The molecular weight excluding hydrogens is 776 g/mol. The van der Waals surface area contributed by atoms with E-state index in [2.05, 4.69) is 50.2 Å². The van der Waals surface area contributed by atoms with Gasteiger partial charge in [-0.1, -0.05) is 41.7 Å². The number of thiazole rings is 1. The van der Waals surface area contributed by atoms with Crippen LogP contribution in [0.4, 0.5) is 8.78 Å². The van der Waals surface area contributed by atoms with Crippen LogP contribution in [0.5, 0.6) is 5.75 Å². The third-order valence-corrected chi connectivity index (χ3v) is 8.94. The third-order valence-electron chi connectivity index (χ3n) is 6.35. The number of halogens is 4. The number of carbonyl (C=O) groups is 1. The van der Waals surface area contributed by atoms with Crippen LogP contribution >= 0.6 is 56.5 Å². The van der Waals surface area contributed by atoms with E-state index in [0.717, 1.165) is 12.7 Å². The SMILES string of the molecule is CCOC(=O)C1=C(C)N=c2s/c(=C\c3cc(I)c(OCc4ccccc4F)c(I)c3)c(=O)n2[C@H]1c1ccc(F)cc1. The lowest BCUT2D eigenvalue weighted by molar-refractivity contribution is -0.139. The van der Waals surface area contributed by atoms with Crippen molar-refractivity contribution in [2.45, 2.75) is 26.5 Å². The molecule has 6 nitrogen and oxygen atoms in total. The van der Waals surface area contributed by atoms with Gasteiger partial charge in [-0.05, 0) is 107 Å². The monoisotopic (exact) mass is 798 g/mol. The molecule has 0 amide bonds. The summed E-state index contributed by atoms with van der Waals surface area (Å²) in [4.78, 5) is 31.8. The molecule has 1 atom stereocenters. The van der Waals surface area contributed by atoms with E-state index in [1.165, 1.54) is 34.1 Å². The number of hydrogen-bond donors (Lipinski definition) is 0. The number of ether oxygens (including phenoxy) is 2. The highest BCUT2D eigenvalue weighted by Crippen LogP contribution is 2.32. The standard InChI is InChI=1S/C30H22F2I2N2O4S/c1-3-39-29(38)25-16(2)35-30-36(26(25)18-8-10-20(31)11-9-18)28(37)24(41-30)14-17-12-22(33)27(23(34)13-17)40-15-19-6-4-5-7-21(19)32/h4-14,26H,3,15H2,1-2H3/b24-14-/t26-/m0/s1. The Morgan fingerprint density at radius 1 is 1.10 bits per heavy atom. The van der Waals surface area contributed by atoms with E-state index in [1.54, 1.807) is 50.3 Å². The van der Waals surface area contributed by atoms with Gasteiger partial charge in [-0.2, -0.15) is 0 Å². The van der Waals surface area contributed by atoms with Gasteiger partial charge in [0.2, 0.25) is 0 Å². The van der Waals surface area contributed by atoms with E-state index in [0.29, 0.717) is 31.9 Å². The summed E-state index contributed by atoms with van der Waals surface area (Å²) in [5.41, 5.74) is 2.13. The summed E-state index contributed by atoms with van der Waals surface area (Å²) in [6.07, 6.45) is 1.76. The average Bonchev–Trinajstić information content (AvgIpc) is 3.23. The maximum Gasteiger partial charge on any atom is 0.338 e. The Balaban J connectivity index is 1.56. The van der Waals surface area contributed by atoms with Crippen LogP contribution in [0.2, 0.25) is 0 Å². The van der Waals surface area contributed by atoms with Crippen LogP contribution in [0.15, 0.2) is 81.7 Å². The fourth-order valence-corrected chi connectivity index (χ4v) is 7.64. The van der Waals surface area contributed by atoms with Crippen molar-refractivity contribution in [3.05, 3.63) is 127 Å². The Morgan fingerprint density at radius 3 is 2.44 bits per heavy atom. The van der Waals surface area contributed by atoms with Crippen molar-refractivity contribution in [2.24, 2.45) is 4.99 Å². The Morgan fingerprint density at radius 2 is 1.78 bits per heavy atom. The lowest BCUT2D eigenvalue weighted by Crippen LogP contribution is -2.39. The molecule has 3 aromatic carbocycles. The molecule has 1 aliphatic rings. The van der Waals surface area contributed by atoms with Crippen molar-refractivity contribution in [1.29, 1.82) is 0 Å². The molecule has 1 aromatic heterocycles. The van der Waals surface area contributed by atoms with E-state index < -0.39 is 17.8 Å². The van der Waals surface area contributed by atoms with Crippen molar-refractivity contribution in [1.82, 2.24) is 4.57 Å². The molecule has 0 unspecified atom stereocenters. The highest BCUT2D eigenvalue weighted by molar-refractivity contribution is 14.1. The normalized spacial score (nSPS) is 15.0. The van der Waals surface area contributed by atoms with Crippen LogP contribution < -0.4 is 19.6 Å². The maximum atomic E-state index is 14.0. The maximum absolute atomic E-state index is 14.0. The van der Waals surface area contributed by atoms with Crippen molar-refractivity contribution in [2.75, 3.05) is 6.61 Å². The lowest BCUT2D eigenvalue weighted by atomic mass is 9.96. The van der Waals surface area contributed by atoms with Crippen LogP contribution in [0.3, 0.4) is 0 Å². The Bertz CT molecular complexity index is 1840. The number of aromatic nitrogens is 1. The summed E-state index contributed by atoms with van der Waals surface area (Å²) >= 11 is 5.51. The Kier molecular flexibility index (Phi) is 9.04. The molecule has 0 radical (unpaired) electrons. The molecule has 0 saturated carbocycles. The molecule has 0 saturated heterocycles. The van der Waals surface area contributed by atoms with Crippen LogP contribution in [0, 0.1) is 18.8 Å². The number of fused-ring (bicyclic) bond motifs is 1. The van der Waals surface area contributed by atoms with Gasteiger partial charge in [-0.25, -0.2) is 18.6 Å². The minimum atomic E-state index is -0.817. The molecule has 0 fully saturated rings. The molecule has 5 rings (SSSR count). The van der Waals surface area contributed by atoms with Gasteiger partial charge >= 0.3 is 5.97 Å². The van der Waals surface area contributed by atoms with E-state index in [-0.39, 0.29) is 30.2 Å². The fourth-order valence-electron chi connectivity index (χ4n) is 4.47. The minimum absolute atomic E-state index is 0.0855. The van der Waals surface area contributed by atoms with E-state index in [1.807, 2.05) is 12.1 Å². The van der Waals surface area contributed by atoms with Gasteiger partial charge in [-0.3, -0.25) is 9.36 Å². The molecular formula is C30H22F2I2N2O4S. The van der Waals surface area contributed by atoms with Gasteiger partial charge in [0.25, 0.3) is 5.56 Å². The van der Waals surface area contributed by atoms with Gasteiger partial charge in [0, 0.05) is 5.56 Å². The van der Waals surface area contributed by atoms with Gasteiger partial charge in [0.15, 0.2) is 4.80 Å². The number of hydrogen-bond acceptors (Lipinski definition) is 6. The molecule has 1 aliphatic heterocycles. The second-order valence-corrected chi connectivity index (χ2v) is 12.4. The van der Waals surface area contributed by atoms with Crippen molar-refractivity contribution in [3.8, 4) is 5.75 Å². The number of carbonyl (C=O) groups excluding carboxylic acids is 1. The number of rotatable bonds is 7. The van der Waals surface area contributed by atoms with E-state index in [9.17, 15) is 18.4 Å². The molecule has 11 heteroatoms. The number of esters is 1. The number of nitrogens with zero attached hydrogens (tertiary/aromatic N) is 2. The van der Waals surface area contributed by atoms with Gasteiger partial charge < -0.3 is 9.47 Å². The lowest BCUT2D eigenvalue weighted by Gasteiger charge is -2.24. The summed E-state index contributed by atoms with van der Waals surface area (Å²) in [7, 11) is 0. The van der Waals surface area contributed by atoms with Gasteiger partial charge in [0.1, 0.15) is 24.0 Å². The molecule has 0 aliphatic carbocycles. The summed E-state index contributed by atoms with van der Waals surface area (Å²) in [6, 6.07) is 15.1. The van der Waals surface area contributed by atoms with Gasteiger partial charge in [-0.15, -0.1) is 0 Å². The Labute approximate surface area is 265 Å². The first-order chi connectivity index (χ1) is 19.7. The predicted octanol–water partition coefficient (Wildman–Crippen LogP) is 5.86. The van der Waals surface area contributed by atoms with Crippen LogP contribution in [-0.4, -0.2) is 17.1 Å². The predicted molar refractivity (Wildman–Crippen MR) is 169 cm³/mol. The smallest absolute Gasteiger partial charge is 0.338 e. The largest absolute Gasteiger partial charge is 0.487 e. The first kappa shape index (κ1) is 29.6. The molecule has 0 bridgehead atoms. The number of benzene rings is 3. The molecule has 4 aromatic rings. The zero-order chi connectivity index (χ0) is 29.3. The Hall–Kier alpha value is -2.91. The van der Waals surface area contributed by atoms with Gasteiger partial charge in [0.05, 0.1) is 35.6 Å². The van der Waals surface area contributed by atoms with E-state index in [4.69, 9.17) is 9.47 Å². The summed E-state index contributed by atoms with van der Waals surface area (Å²) in [5, 5.41) is 0. The van der Waals surface area contributed by atoms with Crippen molar-refractivity contribution >= 4 is 68.6 Å². The first-order valence-electron chi connectivity index (χ1n) is 12.5. The molecule has 0 spiro atoms. The van der Waals surface area contributed by atoms with E-state index >= 15 is 0 Å². The van der Waals surface area contributed by atoms with Crippen LogP contribution in [-0.2, 0) is 16.1 Å². The third kappa shape index (κ3) is 6.16. The second kappa shape index (κ2) is 12.5. The molecule has 0 N–H and O–H groups in total. The summed E-state index contributed by atoms with van der Waals surface area (Å²) in [5.74, 6) is -0.707. The quantitative estimate of drug-likeness (QED) is 0.174. The zero-order valence-electron chi connectivity index (χ0n) is 21.8. The van der Waals surface area contributed by atoms with Crippen LogP contribution in [0.1, 0.15) is 36.6 Å². The highest BCUT2D eigenvalue weighted by Gasteiger charge is 2.33. The van der Waals surface area contributed by atoms with Crippen LogP contribution in [0.25, 0.3) is 6.08 Å². The summed E-state index contributed by atoms with van der Waals surface area (Å²) in [6.45, 7) is 3.65. The molecule has 2 heterocycles.